The highest BCUT2D eigenvalue weighted by Gasteiger charge is 2.35. The summed E-state index contributed by atoms with van der Waals surface area (Å²) in [6, 6.07) is 6.63. The Bertz CT molecular complexity index is 642. The zero-order valence-electron chi connectivity index (χ0n) is 12.5. The predicted molar refractivity (Wildman–Crippen MR) is 85.7 cm³/mol. The van der Waals surface area contributed by atoms with Gasteiger partial charge in [0, 0.05) is 10.4 Å². The number of benzene rings is 1. The number of nitrogens with zero attached hydrogens (tertiary/aromatic N) is 1. The third-order valence-corrected chi connectivity index (χ3v) is 5.68. The van der Waals surface area contributed by atoms with Crippen LogP contribution in [0.4, 0.5) is 4.39 Å². The number of aromatic nitrogens is 1. The van der Waals surface area contributed by atoms with Crippen LogP contribution in [0.25, 0.3) is 11.3 Å². The van der Waals surface area contributed by atoms with Crippen molar-refractivity contribution in [3.8, 4) is 11.3 Å². The van der Waals surface area contributed by atoms with Crippen LogP contribution in [0.1, 0.15) is 42.5 Å². The van der Waals surface area contributed by atoms with Crippen molar-refractivity contribution in [2.45, 2.75) is 45.1 Å². The Morgan fingerprint density at radius 3 is 2.71 bits per heavy atom. The molecule has 2 aromatic rings. The predicted octanol–water partition coefficient (Wildman–Crippen LogP) is 4.62. The van der Waals surface area contributed by atoms with Gasteiger partial charge in [0.15, 0.2) is 0 Å². The van der Waals surface area contributed by atoms with Crippen LogP contribution in [0.3, 0.4) is 0 Å². The molecule has 4 heteroatoms. The fourth-order valence-electron chi connectivity index (χ4n) is 3.00. The molecule has 0 radical (unpaired) electrons. The molecule has 2 N–H and O–H groups in total. The molecule has 1 aliphatic carbocycles. The van der Waals surface area contributed by atoms with Gasteiger partial charge in [-0.05, 0) is 50.7 Å². The van der Waals surface area contributed by atoms with Gasteiger partial charge in [0.25, 0.3) is 0 Å². The second kappa shape index (κ2) is 5.50. The highest BCUT2D eigenvalue weighted by molar-refractivity contribution is 7.12. The minimum Gasteiger partial charge on any atom is -0.319 e. The number of thiazole rings is 1. The second-order valence-electron chi connectivity index (χ2n) is 6.27. The molecular formula is C17H21FN2S. The van der Waals surface area contributed by atoms with Crippen LogP contribution in [0.15, 0.2) is 24.3 Å². The minimum absolute atomic E-state index is 0.226. The van der Waals surface area contributed by atoms with Crippen molar-refractivity contribution in [2.75, 3.05) is 0 Å². The molecule has 1 saturated carbocycles. The highest BCUT2D eigenvalue weighted by Crippen LogP contribution is 2.41. The van der Waals surface area contributed by atoms with Crippen LogP contribution >= 0.6 is 11.3 Å². The first-order valence-corrected chi connectivity index (χ1v) is 8.32. The molecule has 0 unspecified atom stereocenters. The number of hydrogen-bond donors (Lipinski definition) is 1. The lowest BCUT2D eigenvalue weighted by molar-refractivity contribution is 0.247. The molecule has 1 aromatic carbocycles. The van der Waals surface area contributed by atoms with Crippen LogP contribution in [0, 0.1) is 18.7 Å². The molecule has 2 nitrogen and oxygen atoms in total. The molecule has 0 saturated heterocycles. The molecule has 1 heterocycles. The minimum atomic E-state index is -0.298. The SMILES string of the molecule is Cc1sc(C2(N)CCC(C)CC2)nc1-c1cccc(F)c1. The molecule has 0 aliphatic heterocycles. The van der Waals surface area contributed by atoms with E-state index in [4.69, 9.17) is 10.7 Å². The lowest BCUT2D eigenvalue weighted by atomic mass is 9.78. The van der Waals surface area contributed by atoms with E-state index in [0.717, 1.165) is 52.7 Å². The van der Waals surface area contributed by atoms with Crippen molar-refractivity contribution in [2.24, 2.45) is 11.7 Å². The normalized spacial score (nSPS) is 26.0. The molecule has 3 rings (SSSR count). The monoisotopic (exact) mass is 304 g/mol. The number of halogens is 1. The lowest BCUT2D eigenvalue weighted by Gasteiger charge is -2.34. The van der Waals surface area contributed by atoms with Gasteiger partial charge in [-0.15, -0.1) is 11.3 Å². The van der Waals surface area contributed by atoms with E-state index in [0.29, 0.717) is 0 Å². The molecule has 1 aliphatic rings. The third kappa shape index (κ3) is 2.87. The maximum absolute atomic E-state index is 13.4. The van der Waals surface area contributed by atoms with Gasteiger partial charge in [-0.3, -0.25) is 0 Å². The van der Waals surface area contributed by atoms with Gasteiger partial charge >= 0.3 is 0 Å². The van der Waals surface area contributed by atoms with Gasteiger partial charge in [-0.1, -0.05) is 19.1 Å². The van der Waals surface area contributed by atoms with Crippen molar-refractivity contribution < 1.29 is 4.39 Å². The molecule has 112 valence electrons. The van der Waals surface area contributed by atoms with E-state index in [-0.39, 0.29) is 11.4 Å². The molecular weight excluding hydrogens is 283 g/mol. The standard InChI is InChI=1S/C17H21FN2S/c1-11-6-8-17(19,9-7-11)16-20-15(12(2)21-16)13-4-3-5-14(18)10-13/h3-5,10-11H,6-9,19H2,1-2H3. The van der Waals surface area contributed by atoms with Crippen LogP contribution in [0.5, 0.6) is 0 Å². The van der Waals surface area contributed by atoms with E-state index < -0.39 is 0 Å². The first kappa shape index (κ1) is 14.7. The van der Waals surface area contributed by atoms with E-state index in [1.807, 2.05) is 13.0 Å². The summed E-state index contributed by atoms with van der Waals surface area (Å²) in [5, 5.41) is 1.01. The highest BCUT2D eigenvalue weighted by atomic mass is 32.1. The number of rotatable bonds is 2. The molecule has 21 heavy (non-hydrogen) atoms. The number of nitrogens with two attached hydrogens (primary N) is 1. The number of hydrogen-bond acceptors (Lipinski definition) is 3. The first-order chi connectivity index (χ1) is 9.98. The first-order valence-electron chi connectivity index (χ1n) is 7.51. The Morgan fingerprint density at radius 2 is 2.05 bits per heavy atom. The van der Waals surface area contributed by atoms with Crippen molar-refractivity contribution in [3.63, 3.8) is 0 Å². The Hall–Kier alpha value is -1.26. The van der Waals surface area contributed by atoms with E-state index in [1.54, 1.807) is 17.4 Å². The second-order valence-corrected chi connectivity index (χ2v) is 7.48. The summed E-state index contributed by atoms with van der Waals surface area (Å²) >= 11 is 1.66. The Morgan fingerprint density at radius 1 is 1.33 bits per heavy atom. The number of aryl methyl sites for hydroxylation is 1. The fourth-order valence-corrected chi connectivity index (χ4v) is 4.10. The van der Waals surface area contributed by atoms with Crippen LogP contribution in [-0.2, 0) is 5.54 Å². The molecule has 0 amide bonds. The average molecular weight is 304 g/mol. The molecule has 0 spiro atoms. The molecule has 0 bridgehead atoms. The quantitative estimate of drug-likeness (QED) is 0.879. The molecule has 0 atom stereocenters. The van der Waals surface area contributed by atoms with Crippen LogP contribution < -0.4 is 5.73 Å². The van der Waals surface area contributed by atoms with Crippen LogP contribution in [0.2, 0.25) is 0 Å². The Labute approximate surface area is 129 Å². The van der Waals surface area contributed by atoms with Crippen molar-refractivity contribution >= 4 is 11.3 Å². The summed E-state index contributed by atoms with van der Waals surface area (Å²) in [6.07, 6.45) is 4.29. The van der Waals surface area contributed by atoms with Crippen LogP contribution in [-0.4, -0.2) is 4.98 Å². The summed E-state index contributed by atoms with van der Waals surface area (Å²) in [7, 11) is 0. The van der Waals surface area contributed by atoms with Crippen molar-refractivity contribution in [1.29, 1.82) is 0 Å². The topological polar surface area (TPSA) is 38.9 Å². The van der Waals surface area contributed by atoms with Crippen molar-refractivity contribution in [3.05, 3.63) is 40.0 Å². The summed E-state index contributed by atoms with van der Waals surface area (Å²) < 4.78 is 13.4. The van der Waals surface area contributed by atoms with Gasteiger partial charge in [0.1, 0.15) is 10.8 Å². The van der Waals surface area contributed by atoms with Gasteiger partial charge in [-0.2, -0.15) is 0 Å². The van der Waals surface area contributed by atoms with Gasteiger partial charge in [0.05, 0.1) is 11.2 Å². The Balaban J connectivity index is 1.94. The Kier molecular flexibility index (Phi) is 3.84. The van der Waals surface area contributed by atoms with E-state index in [2.05, 4.69) is 6.92 Å². The average Bonchev–Trinajstić information content (AvgIpc) is 2.85. The van der Waals surface area contributed by atoms with E-state index in [9.17, 15) is 4.39 Å². The summed E-state index contributed by atoms with van der Waals surface area (Å²) in [5.74, 6) is 0.529. The third-order valence-electron chi connectivity index (χ3n) is 4.49. The van der Waals surface area contributed by atoms with Gasteiger partial charge in [-0.25, -0.2) is 9.37 Å². The maximum atomic E-state index is 13.4. The summed E-state index contributed by atoms with van der Waals surface area (Å²) in [5.41, 5.74) is 8.02. The lowest BCUT2D eigenvalue weighted by Crippen LogP contribution is -2.40. The van der Waals surface area contributed by atoms with E-state index in [1.165, 1.54) is 12.1 Å². The zero-order chi connectivity index (χ0) is 15.0. The summed E-state index contributed by atoms with van der Waals surface area (Å²) in [6.45, 7) is 4.32. The summed E-state index contributed by atoms with van der Waals surface area (Å²) in [4.78, 5) is 5.88. The zero-order valence-corrected chi connectivity index (χ0v) is 13.3. The molecule has 1 fully saturated rings. The van der Waals surface area contributed by atoms with Gasteiger partial charge in [0.2, 0.25) is 0 Å². The maximum Gasteiger partial charge on any atom is 0.123 e. The largest absolute Gasteiger partial charge is 0.319 e. The molecule has 1 aromatic heterocycles. The smallest absolute Gasteiger partial charge is 0.123 e. The van der Waals surface area contributed by atoms with Gasteiger partial charge < -0.3 is 5.73 Å². The van der Waals surface area contributed by atoms with E-state index >= 15 is 0 Å². The van der Waals surface area contributed by atoms with Crippen molar-refractivity contribution in [1.82, 2.24) is 4.98 Å². The fraction of sp³-hybridized carbons (Fsp3) is 0.471.